The van der Waals surface area contributed by atoms with E-state index in [1.54, 1.807) is 11.3 Å². The van der Waals surface area contributed by atoms with Crippen LogP contribution < -0.4 is 4.90 Å². The zero-order valence-electron chi connectivity index (χ0n) is 30.1. The molecule has 5 heteroatoms. The van der Waals surface area contributed by atoms with Crippen LogP contribution >= 0.6 is 11.3 Å². The summed E-state index contributed by atoms with van der Waals surface area (Å²) in [4.78, 5) is 7.54. The van der Waals surface area contributed by atoms with Crippen molar-refractivity contribution in [2.45, 2.75) is 0 Å². The first-order valence-electron chi connectivity index (χ1n) is 18.9. The third-order valence-corrected chi connectivity index (χ3v) is 12.3. The van der Waals surface area contributed by atoms with Crippen LogP contribution in [0.25, 0.3) is 91.8 Å². The summed E-state index contributed by atoms with van der Waals surface area (Å²) >= 11 is 1.75. The van der Waals surface area contributed by atoms with E-state index in [0.29, 0.717) is 0 Å². The Hall–Kier alpha value is -7.21. The number of benzene rings is 9. The van der Waals surface area contributed by atoms with E-state index < -0.39 is 0 Å². The first-order valence-corrected chi connectivity index (χ1v) is 19.7. The first-order chi connectivity index (χ1) is 27.7. The molecule has 0 N–H and O–H groups in total. The molecule has 9 aromatic carbocycles. The van der Waals surface area contributed by atoms with Gasteiger partial charge in [-0.15, -0.1) is 11.3 Å². The van der Waals surface area contributed by atoms with Crippen LogP contribution in [0.2, 0.25) is 0 Å². The second-order valence-electron chi connectivity index (χ2n) is 14.4. The number of fused-ring (bicyclic) bond motifs is 11. The Morgan fingerprint density at radius 3 is 1.96 bits per heavy atom. The molecule has 0 amide bonds. The molecule has 0 atom stereocenters. The summed E-state index contributed by atoms with van der Waals surface area (Å²) in [6.07, 6.45) is 0. The molecule has 56 heavy (non-hydrogen) atoms. The fourth-order valence-electron chi connectivity index (χ4n) is 8.62. The molecule has 12 aromatic rings. The molecule has 0 fully saturated rings. The summed E-state index contributed by atoms with van der Waals surface area (Å²) in [7, 11) is 0. The van der Waals surface area contributed by atoms with Crippen LogP contribution in [0, 0.1) is 0 Å². The van der Waals surface area contributed by atoms with Crippen LogP contribution in [-0.4, -0.2) is 9.55 Å². The van der Waals surface area contributed by atoms with Gasteiger partial charge in [-0.25, -0.2) is 4.98 Å². The van der Waals surface area contributed by atoms with Gasteiger partial charge >= 0.3 is 0 Å². The Kier molecular flexibility index (Phi) is 6.76. The number of hydrogen-bond donors (Lipinski definition) is 0. The van der Waals surface area contributed by atoms with Gasteiger partial charge in [0.2, 0.25) is 0 Å². The molecule has 0 aliphatic rings. The van der Waals surface area contributed by atoms with Crippen molar-refractivity contribution in [1.82, 2.24) is 9.55 Å². The normalized spacial score (nSPS) is 11.9. The third-order valence-electron chi connectivity index (χ3n) is 11.2. The van der Waals surface area contributed by atoms with E-state index in [1.807, 2.05) is 18.2 Å². The van der Waals surface area contributed by atoms with E-state index in [2.05, 4.69) is 179 Å². The maximum atomic E-state index is 6.28. The molecule has 0 saturated heterocycles. The number of furan rings is 1. The van der Waals surface area contributed by atoms with Crippen molar-refractivity contribution in [3.05, 3.63) is 188 Å². The third kappa shape index (κ3) is 4.75. The van der Waals surface area contributed by atoms with E-state index in [1.165, 1.54) is 42.5 Å². The lowest BCUT2D eigenvalue weighted by atomic mass is 10.00. The molecule has 12 rings (SSSR count). The molecule has 0 unspecified atom stereocenters. The van der Waals surface area contributed by atoms with Gasteiger partial charge < -0.3 is 13.9 Å². The van der Waals surface area contributed by atoms with E-state index >= 15 is 0 Å². The van der Waals surface area contributed by atoms with Crippen LogP contribution in [0.5, 0.6) is 0 Å². The zero-order chi connectivity index (χ0) is 36.7. The second-order valence-corrected chi connectivity index (χ2v) is 15.4. The molecule has 3 heterocycles. The van der Waals surface area contributed by atoms with Gasteiger partial charge in [-0.2, -0.15) is 0 Å². The van der Waals surface area contributed by atoms with Gasteiger partial charge in [0.05, 0.1) is 21.3 Å². The quantitative estimate of drug-likeness (QED) is 0.165. The van der Waals surface area contributed by atoms with Crippen molar-refractivity contribution in [3.63, 3.8) is 0 Å². The SMILES string of the molecule is c1ccc(-c2nc3c(ccc4c5ccc(N(c6ccc7oc8ccccc8c7c6)c6ccc7c8ccccc8n(-c8ccccc8)c7c6)cc5ccc43)s2)cc1. The van der Waals surface area contributed by atoms with Gasteiger partial charge in [-0.1, -0.05) is 115 Å². The van der Waals surface area contributed by atoms with Crippen molar-refractivity contribution in [2.75, 3.05) is 4.90 Å². The monoisotopic (exact) mass is 733 g/mol. The lowest BCUT2D eigenvalue weighted by Crippen LogP contribution is -2.10. The first kappa shape index (κ1) is 31.2. The predicted molar refractivity (Wildman–Crippen MR) is 236 cm³/mol. The molecule has 0 aliphatic carbocycles. The summed E-state index contributed by atoms with van der Waals surface area (Å²) in [6, 6.07) is 67.4. The minimum atomic E-state index is 0.878. The van der Waals surface area contributed by atoms with Crippen molar-refractivity contribution in [1.29, 1.82) is 0 Å². The molecule has 262 valence electrons. The standard InChI is InChI=1S/C51H31N3OS/c1-3-11-32(12-4-1)51-52-50-43-23-19-33-29-35(20-24-38(33)39(43)26-28-49(50)56-51)53(36-22-27-48-44(30-36)42-16-8-10-18-47(42)55-48)37-21-25-41-40-15-7-9-17-45(40)54(46(41)31-37)34-13-5-2-6-14-34/h1-31H. The van der Waals surface area contributed by atoms with Crippen LogP contribution in [0.3, 0.4) is 0 Å². The van der Waals surface area contributed by atoms with Crippen molar-refractivity contribution >= 4 is 104 Å². The lowest BCUT2D eigenvalue weighted by molar-refractivity contribution is 0.669. The van der Waals surface area contributed by atoms with Crippen LogP contribution in [0.15, 0.2) is 192 Å². The number of para-hydroxylation sites is 3. The van der Waals surface area contributed by atoms with Crippen LogP contribution in [0.4, 0.5) is 17.1 Å². The largest absolute Gasteiger partial charge is 0.456 e. The van der Waals surface area contributed by atoms with Crippen LogP contribution in [0.1, 0.15) is 0 Å². The molecule has 4 nitrogen and oxygen atoms in total. The van der Waals surface area contributed by atoms with E-state index in [4.69, 9.17) is 9.40 Å². The van der Waals surface area contributed by atoms with Gasteiger partial charge in [-0.3, -0.25) is 0 Å². The van der Waals surface area contributed by atoms with Gasteiger partial charge in [-0.05, 0) is 89.0 Å². The van der Waals surface area contributed by atoms with Crippen molar-refractivity contribution in [2.24, 2.45) is 0 Å². The number of rotatable bonds is 5. The second kappa shape index (κ2) is 12.2. The molecular weight excluding hydrogens is 703 g/mol. The van der Waals surface area contributed by atoms with Gasteiger partial charge in [0.15, 0.2) is 0 Å². The molecule has 0 radical (unpaired) electrons. The molecule has 3 aromatic heterocycles. The van der Waals surface area contributed by atoms with Gasteiger partial charge in [0.25, 0.3) is 0 Å². The van der Waals surface area contributed by atoms with Crippen LogP contribution in [-0.2, 0) is 0 Å². The maximum absolute atomic E-state index is 6.28. The van der Waals surface area contributed by atoms with Crippen molar-refractivity contribution in [3.8, 4) is 16.3 Å². The minimum Gasteiger partial charge on any atom is -0.456 e. The van der Waals surface area contributed by atoms with E-state index in [-0.39, 0.29) is 0 Å². The predicted octanol–water partition coefficient (Wildman–Crippen LogP) is 14.7. The lowest BCUT2D eigenvalue weighted by Gasteiger charge is -2.26. The number of nitrogens with zero attached hydrogens (tertiary/aromatic N) is 3. The number of hydrogen-bond acceptors (Lipinski definition) is 4. The molecule has 0 bridgehead atoms. The highest BCUT2D eigenvalue weighted by Crippen LogP contribution is 2.43. The van der Waals surface area contributed by atoms with E-state index in [9.17, 15) is 0 Å². The topological polar surface area (TPSA) is 34.2 Å². The Morgan fingerprint density at radius 2 is 1.09 bits per heavy atom. The minimum absolute atomic E-state index is 0.878. The Balaban J connectivity index is 1.07. The maximum Gasteiger partial charge on any atom is 0.135 e. The van der Waals surface area contributed by atoms with E-state index in [0.717, 1.165) is 66.3 Å². The summed E-state index contributed by atoms with van der Waals surface area (Å²) in [6.45, 7) is 0. The molecule has 0 saturated carbocycles. The summed E-state index contributed by atoms with van der Waals surface area (Å²) < 4.78 is 9.87. The fourth-order valence-corrected chi connectivity index (χ4v) is 9.61. The Morgan fingerprint density at radius 1 is 0.446 bits per heavy atom. The highest BCUT2D eigenvalue weighted by Gasteiger charge is 2.20. The number of aromatic nitrogens is 2. The fraction of sp³-hybridized carbons (Fsp3) is 0. The number of thiazole rings is 1. The Labute approximate surface area is 325 Å². The smallest absolute Gasteiger partial charge is 0.135 e. The van der Waals surface area contributed by atoms with Gasteiger partial charge in [0.1, 0.15) is 16.2 Å². The summed E-state index contributed by atoms with van der Waals surface area (Å²) in [5.74, 6) is 0. The average Bonchev–Trinajstić information content (AvgIpc) is 3.96. The molecular formula is C51H31N3OS. The Bertz CT molecular complexity index is 3490. The molecule has 0 spiro atoms. The van der Waals surface area contributed by atoms with Gasteiger partial charge in [0, 0.05) is 55.2 Å². The average molecular weight is 734 g/mol. The van der Waals surface area contributed by atoms with Crippen molar-refractivity contribution < 1.29 is 4.42 Å². The number of anilines is 3. The molecule has 0 aliphatic heterocycles. The summed E-state index contributed by atoms with van der Waals surface area (Å²) in [5.41, 5.74) is 10.7. The summed E-state index contributed by atoms with van der Waals surface area (Å²) in [5, 5.41) is 10.5. The highest BCUT2D eigenvalue weighted by molar-refractivity contribution is 7.21. The zero-order valence-corrected chi connectivity index (χ0v) is 30.9. The highest BCUT2D eigenvalue weighted by atomic mass is 32.1.